The van der Waals surface area contributed by atoms with Crippen LogP contribution >= 0.6 is 11.8 Å². The Hall–Kier alpha value is -3.51. The molecule has 3 aromatic carbocycles. The molecule has 0 aliphatic carbocycles. The molecule has 0 spiro atoms. The second-order valence-corrected chi connectivity index (χ2v) is 10.3. The lowest BCUT2D eigenvalue weighted by Gasteiger charge is -2.19. The first-order chi connectivity index (χ1) is 16.8. The van der Waals surface area contributed by atoms with Crippen LogP contribution in [0, 0.1) is 0 Å². The van der Waals surface area contributed by atoms with Gasteiger partial charge in [0.15, 0.2) is 0 Å². The van der Waals surface area contributed by atoms with Crippen LogP contribution in [0.4, 0.5) is 4.79 Å². The molecule has 6 heteroatoms. The van der Waals surface area contributed by atoms with E-state index in [0.29, 0.717) is 23.9 Å². The van der Waals surface area contributed by atoms with Gasteiger partial charge in [0.1, 0.15) is 24.7 Å². The summed E-state index contributed by atoms with van der Waals surface area (Å²) in [5, 5.41) is -0.269. The number of ether oxygens (including phenoxy) is 2. The summed E-state index contributed by atoms with van der Waals surface area (Å²) in [6.07, 6.45) is 1.72. The molecule has 0 saturated carbocycles. The first-order valence-corrected chi connectivity index (χ1v) is 12.4. The number of nitrogens with zero attached hydrogens (tertiary/aromatic N) is 1. The summed E-state index contributed by atoms with van der Waals surface area (Å²) in [4.78, 5) is 27.0. The number of benzene rings is 3. The molecule has 1 saturated heterocycles. The Morgan fingerprint density at radius 1 is 0.829 bits per heavy atom. The highest BCUT2D eigenvalue weighted by Gasteiger charge is 2.35. The molecule has 5 nitrogen and oxygen atoms in total. The van der Waals surface area contributed by atoms with Gasteiger partial charge < -0.3 is 9.47 Å². The van der Waals surface area contributed by atoms with Gasteiger partial charge in [-0.2, -0.15) is 0 Å². The molecule has 0 atom stereocenters. The summed E-state index contributed by atoms with van der Waals surface area (Å²) in [6.45, 7) is 7.53. The lowest BCUT2D eigenvalue weighted by atomic mass is 9.87. The average Bonchev–Trinajstić information content (AvgIpc) is 3.10. The van der Waals surface area contributed by atoms with Crippen LogP contribution in [0.25, 0.3) is 6.08 Å². The summed E-state index contributed by atoms with van der Waals surface area (Å²) in [5.74, 6) is 1.14. The SMILES string of the molecule is CC(C)(C)c1ccc(OCCOc2ccccc2/C=C2\SC(=O)N(Cc3ccccc3)C2=O)cc1. The Morgan fingerprint density at radius 3 is 2.20 bits per heavy atom. The Labute approximate surface area is 210 Å². The van der Waals surface area contributed by atoms with Gasteiger partial charge in [0, 0.05) is 5.56 Å². The third-order valence-corrected chi connectivity index (χ3v) is 6.50. The quantitative estimate of drug-likeness (QED) is 0.262. The smallest absolute Gasteiger partial charge is 0.293 e. The highest BCUT2D eigenvalue weighted by molar-refractivity contribution is 8.18. The van der Waals surface area contributed by atoms with Gasteiger partial charge in [0.2, 0.25) is 0 Å². The minimum atomic E-state index is -0.291. The van der Waals surface area contributed by atoms with E-state index < -0.39 is 0 Å². The van der Waals surface area contributed by atoms with Crippen molar-refractivity contribution in [1.29, 1.82) is 0 Å². The molecular formula is C29H29NO4S. The van der Waals surface area contributed by atoms with E-state index in [2.05, 4.69) is 32.9 Å². The van der Waals surface area contributed by atoms with Crippen LogP contribution in [0.5, 0.6) is 11.5 Å². The van der Waals surface area contributed by atoms with E-state index in [4.69, 9.17) is 9.47 Å². The number of amides is 2. The fourth-order valence-corrected chi connectivity index (χ4v) is 4.47. The number of para-hydroxylation sites is 1. The van der Waals surface area contributed by atoms with Gasteiger partial charge in [-0.05, 0) is 52.6 Å². The third kappa shape index (κ3) is 6.34. The van der Waals surface area contributed by atoms with Crippen LogP contribution in [-0.2, 0) is 16.8 Å². The summed E-state index contributed by atoms with van der Waals surface area (Å²) in [6, 6.07) is 25.1. The van der Waals surface area contributed by atoms with Gasteiger partial charge in [-0.15, -0.1) is 0 Å². The van der Waals surface area contributed by atoms with Crippen molar-refractivity contribution >= 4 is 29.0 Å². The maximum atomic E-state index is 12.9. The van der Waals surface area contributed by atoms with Gasteiger partial charge in [0.05, 0.1) is 11.4 Å². The maximum Gasteiger partial charge on any atom is 0.293 e. The summed E-state index contributed by atoms with van der Waals surface area (Å²) < 4.78 is 11.8. The number of hydrogen-bond acceptors (Lipinski definition) is 5. The molecule has 0 unspecified atom stereocenters. The van der Waals surface area contributed by atoms with Crippen molar-refractivity contribution in [1.82, 2.24) is 4.90 Å². The maximum absolute atomic E-state index is 12.9. The standard InChI is InChI=1S/C29H29NO4S/c1-29(2,3)23-13-15-24(16-14-23)33-17-18-34-25-12-8-7-11-22(25)19-26-27(31)30(28(32)35-26)20-21-9-5-4-6-10-21/h4-16,19H,17-18,20H2,1-3H3/b26-19-. The number of hydrogen-bond donors (Lipinski definition) is 0. The number of imide groups is 1. The molecule has 3 aromatic rings. The minimum absolute atomic E-state index is 0.0992. The molecule has 0 bridgehead atoms. The number of carbonyl (C=O) groups is 2. The highest BCUT2D eigenvalue weighted by Crippen LogP contribution is 2.35. The fourth-order valence-electron chi connectivity index (χ4n) is 3.64. The van der Waals surface area contributed by atoms with Crippen molar-refractivity contribution < 1.29 is 19.1 Å². The van der Waals surface area contributed by atoms with Gasteiger partial charge in [0.25, 0.3) is 11.1 Å². The molecule has 4 rings (SSSR count). The van der Waals surface area contributed by atoms with E-state index in [-0.39, 0.29) is 23.1 Å². The molecule has 1 heterocycles. The topological polar surface area (TPSA) is 55.8 Å². The molecule has 180 valence electrons. The first-order valence-electron chi connectivity index (χ1n) is 11.6. The summed E-state index contributed by atoms with van der Waals surface area (Å²) in [5.41, 5.74) is 3.01. The van der Waals surface area contributed by atoms with Gasteiger partial charge in [-0.3, -0.25) is 14.5 Å². The van der Waals surface area contributed by atoms with E-state index in [1.165, 1.54) is 10.5 Å². The highest BCUT2D eigenvalue weighted by atomic mass is 32.2. The predicted molar refractivity (Wildman–Crippen MR) is 141 cm³/mol. The van der Waals surface area contributed by atoms with Crippen molar-refractivity contribution in [2.24, 2.45) is 0 Å². The molecule has 1 fully saturated rings. The Bertz CT molecular complexity index is 1210. The summed E-state index contributed by atoms with van der Waals surface area (Å²) >= 11 is 0.951. The van der Waals surface area contributed by atoms with Crippen LogP contribution < -0.4 is 9.47 Å². The second-order valence-electron chi connectivity index (χ2n) is 9.26. The van der Waals surface area contributed by atoms with Crippen molar-refractivity contribution in [3.63, 3.8) is 0 Å². The second kappa shape index (κ2) is 10.8. The van der Waals surface area contributed by atoms with Crippen molar-refractivity contribution in [2.75, 3.05) is 13.2 Å². The fraction of sp³-hybridized carbons (Fsp3) is 0.241. The summed E-state index contributed by atoms with van der Waals surface area (Å²) in [7, 11) is 0. The van der Waals surface area contributed by atoms with E-state index in [1.807, 2.05) is 66.7 Å². The van der Waals surface area contributed by atoms with Gasteiger partial charge in [-0.1, -0.05) is 81.4 Å². The van der Waals surface area contributed by atoms with Gasteiger partial charge >= 0.3 is 0 Å². The predicted octanol–water partition coefficient (Wildman–Crippen LogP) is 6.68. The van der Waals surface area contributed by atoms with Crippen LogP contribution in [0.15, 0.2) is 83.8 Å². The first kappa shape index (κ1) is 24.6. The lowest BCUT2D eigenvalue weighted by molar-refractivity contribution is -0.123. The zero-order chi connectivity index (χ0) is 24.8. The molecule has 0 radical (unpaired) electrons. The Morgan fingerprint density at radius 2 is 1.49 bits per heavy atom. The average molecular weight is 488 g/mol. The normalized spacial score (nSPS) is 15.1. The molecular weight excluding hydrogens is 458 g/mol. The number of rotatable bonds is 8. The molecule has 0 N–H and O–H groups in total. The third-order valence-electron chi connectivity index (χ3n) is 5.59. The van der Waals surface area contributed by atoms with Crippen molar-refractivity contribution in [3.8, 4) is 11.5 Å². The monoisotopic (exact) mass is 487 g/mol. The van der Waals surface area contributed by atoms with Crippen LogP contribution in [0.3, 0.4) is 0 Å². The zero-order valence-electron chi connectivity index (χ0n) is 20.2. The zero-order valence-corrected chi connectivity index (χ0v) is 21.0. The molecule has 1 aliphatic heterocycles. The van der Waals surface area contributed by atoms with Crippen LogP contribution in [-0.4, -0.2) is 29.3 Å². The van der Waals surface area contributed by atoms with E-state index >= 15 is 0 Å². The van der Waals surface area contributed by atoms with E-state index in [0.717, 1.165) is 28.6 Å². The molecule has 2 amide bonds. The lowest BCUT2D eigenvalue weighted by Crippen LogP contribution is -2.27. The van der Waals surface area contributed by atoms with E-state index in [9.17, 15) is 9.59 Å². The molecule has 0 aromatic heterocycles. The van der Waals surface area contributed by atoms with Crippen molar-refractivity contribution in [2.45, 2.75) is 32.7 Å². The van der Waals surface area contributed by atoms with Gasteiger partial charge in [-0.25, -0.2) is 0 Å². The Kier molecular flexibility index (Phi) is 7.61. The van der Waals surface area contributed by atoms with Crippen molar-refractivity contribution in [3.05, 3.63) is 100 Å². The van der Waals surface area contributed by atoms with E-state index in [1.54, 1.807) is 6.08 Å². The largest absolute Gasteiger partial charge is 0.490 e. The molecule has 35 heavy (non-hydrogen) atoms. The Balaban J connectivity index is 1.36. The molecule has 1 aliphatic rings. The minimum Gasteiger partial charge on any atom is -0.490 e. The number of carbonyl (C=O) groups excluding carboxylic acids is 2. The number of thioether (sulfide) groups is 1. The van der Waals surface area contributed by atoms with Crippen LogP contribution in [0.2, 0.25) is 0 Å². The van der Waals surface area contributed by atoms with Crippen LogP contribution in [0.1, 0.15) is 37.5 Å².